The average molecular weight is 333 g/mol. The zero-order chi connectivity index (χ0) is 7.72. The van der Waals surface area contributed by atoms with Crippen molar-refractivity contribution in [3.05, 3.63) is 26.0 Å². The van der Waals surface area contributed by atoms with E-state index < -0.39 is 0 Å². The van der Waals surface area contributed by atoms with Crippen molar-refractivity contribution in [2.24, 2.45) is 0 Å². The van der Waals surface area contributed by atoms with Gasteiger partial charge in [0.05, 0.1) is 3.57 Å². The Morgan fingerprint density at radius 2 is 2.10 bits per heavy atom. The molecule has 0 spiro atoms. The molecule has 0 bridgehead atoms. The monoisotopic (exact) mass is 332 g/mol. The summed E-state index contributed by atoms with van der Waals surface area (Å²) >= 11 is 9.23. The molecule has 0 aliphatic heterocycles. The lowest BCUT2D eigenvalue weighted by Gasteiger charge is -1.99. The molecule has 0 nitrogen and oxygen atoms in total. The molecule has 4 heteroatoms. The van der Waals surface area contributed by atoms with Crippen LogP contribution in [0.1, 0.15) is 0 Å². The summed E-state index contributed by atoms with van der Waals surface area (Å²) in [5.74, 6) is -0.228. The van der Waals surface area contributed by atoms with E-state index >= 15 is 0 Å². The quantitative estimate of drug-likeness (QED) is 0.420. The van der Waals surface area contributed by atoms with Gasteiger partial charge >= 0.3 is 0 Å². The maximum absolute atomic E-state index is 12.7. The fourth-order valence-electron chi connectivity index (χ4n) is 0.516. The third kappa shape index (κ3) is 1.65. The van der Waals surface area contributed by atoms with Crippen LogP contribution in [0.3, 0.4) is 0 Å². The minimum Gasteiger partial charge on any atom is -0.206 e. The summed E-state index contributed by atoms with van der Waals surface area (Å²) in [5, 5.41) is 0. The fourth-order valence-corrected chi connectivity index (χ4v) is 1.87. The second kappa shape index (κ2) is 3.40. The van der Waals surface area contributed by atoms with Crippen molar-refractivity contribution >= 4 is 51.1 Å². The number of halogens is 3. The molecule has 10 heavy (non-hydrogen) atoms. The average Bonchev–Trinajstić information content (AvgIpc) is 1.93. The van der Waals surface area contributed by atoms with Gasteiger partial charge in [0.2, 0.25) is 0 Å². The highest BCUT2D eigenvalue weighted by atomic mass is 127. The van der Waals surface area contributed by atoms with Crippen LogP contribution in [-0.2, 0) is 0 Å². The third-order valence-electron chi connectivity index (χ3n) is 1.02. The Kier molecular flexibility index (Phi) is 3.00. The molecule has 1 aromatic rings. The van der Waals surface area contributed by atoms with Gasteiger partial charge in [0.15, 0.2) is 0 Å². The first-order valence-electron chi connectivity index (χ1n) is 2.45. The van der Waals surface area contributed by atoms with Gasteiger partial charge < -0.3 is 0 Å². The zero-order valence-electron chi connectivity index (χ0n) is 4.74. The van der Waals surface area contributed by atoms with Crippen LogP contribution < -0.4 is 0 Å². The minimum atomic E-state index is -0.228. The van der Waals surface area contributed by atoms with E-state index in [2.05, 4.69) is 28.6 Å². The minimum absolute atomic E-state index is 0.228. The molecule has 0 unspecified atom stereocenters. The molecule has 0 atom stereocenters. The van der Waals surface area contributed by atoms with Gasteiger partial charge in [-0.2, -0.15) is 0 Å². The van der Waals surface area contributed by atoms with Crippen LogP contribution in [0.25, 0.3) is 0 Å². The van der Waals surface area contributed by atoms with E-state index in [0.29, 0.717) is 8.47 Å². The summed E-state index contributed by atoms with van der Waals surface area (Å²) in [6.07, 6.45) is 0. The van der Waals surface area contributed by atoms with Crippen molar-refractivity contribution in [1.82, 2.24) is 0 Å². The Morgan fingerprint density at radius 3 is 2.60 bits per heavy atom. The molecule has 0 aliphatic rings. The van der Waals surface area contributed by atoms with Gasteiger partial charge in [0, 0.05) is 9.37 Å². The second-order valence-electron chi connectivity index (χ2n) is 1.69. The highest BCUT2D eigenvalue weighted by Gasteiger charge is 2.04. The van der Waals surface area contributed by atoms with Gasteiger partial charge in [-0.3, -0.25) is 0 Å². The summed E-state index contributed by atoms with van der Waals surface area (Å²) in [5.41, 5.74) is 0. The molecule has 0 aliphatic carbocycles. The molecule has 0 saturated heterocycles. The SMILES string of the molecule is Fc1ccc(Br)c(S)c1I. The largest absolute Gasteiger partial charge is 0.206 e. The van der Waals surface area contributed by atoms with Gasteiger partial charge in [-0.25, -0.2) is 4.39 Å². The van der Waals surface area contributed by atoms with Crippen LogP contribution >= 0.6 is 51.1 Å². The molecular weight excluding hydrogens is 330 g/mol. The molecule has 0 heterocycles. The van der Waals surface area contributed by atoms with Gasteiger partial charge in [0.25, 0.3) is 0 Å². The molecule has 0 aromatic heterocycles. The number of hydrogen-bond donors (Lipinski definition) is 1. The highest BCUT2D eigenvalue weighted by molar-refractivity contribution is 14.1. The first-order chi connectivity index (χ1) is 4.63. The molecule has 0 amide bonds. The lowest BCUT2D eigenvalue weighted by Crippen LogP contribution is -1.83. The van der Waals surface area contributed by atoms with Gasteiger partial charge in [-0.1, -0.05) is 0 Å². The number of benzene rings is 1. The molecule has 0 fully saturated rings. The zero-order valence-corrected chi connectivity index (χ0v) is 9.37. The summed E-state index contributed by atoms with van der Waals surface area (Å²) in [6.45, 7) is 0. The van der Waals surface area contributed by atoms with Crippen molar-refractivity contribution in [3.8, 4) is 0 Å². The number of rotatable bonds is 0. The van der Waals surface area contributed by atoms with Crippen LogP contribution in [0.2, 0.25) is 0 Å². The Bertz CT molecular complexity index is 237. The van der Waals surface area contributed by atoms with Crippen LogP contribution in [0, 0.1) is 9.39 Å². The maximum atomic E-state index is 12.7. The van der Waals surface area contributed by atoms with Crippen LogP contribution in [-0.4, -0.2) is 0 Å². The van der Waals surface area contributed by atoms with E-state index in [4.69, 9.17) is 0 Å². The number of hydrogen-bond acceptors (Lipinski definition) is 1. The van der Waals surface area contributed by atoms with Crippen molar-refractivity contribution in [2.75, 3.05) is 0 Å². The summed E-state index contributed by atoms with van der Waals surface area (Å²) in [6, 6.07) is 3.05. The van der Waals surface area contributed by atoms with Gasteiger partial charge in [0.1, 0.15) is 5.82 Å². The molecular formula is C6H3BrFIS. The predicted octanol–water partition coefficient (Wildman–Crippen LogP) is 3.48. The smallest absolute Gasteiger partial charge is 0.137 e. The van der Waals surface area contributed by atoms with Gasteiger partial charge in [-0.15, -0.1) is 12.6 Å². The molecule has 54 valence electrons. The second-order valence-corrected chi connectivity index (χ2v) is 4.07. The van der Waals surface area contributed by atoms with E-state index in [1.165, 1.54) is 6.07 Å². The Hall–Kier alpha value is 0.710. The summed E-state index contributed by atoms with van der Waals surface area (Å²) in [4.78, 5) is 0.653. The van der Waals surface area contributed by atoms with Gasteiger partial charge in [-0.05, 0) is 50.7 Å². The standard InChI is InChI=1S/C6H3BrFIS/c7-3-1-2-4(8)5(9)6(3)10/h1-2,10H. The third-order valence-corrected chi connectivity index (χ3v) is 3.93. The van der Waals surface area contributed by atoms with E-state index in [0.717, 1.165) is 4.47 Å². The molecule has 0 saturated carbocycles. The van der Waals surface area contributed by atoms with Crippen molar-refractivity contribution in [3.63, 3.8) is 0 Å². The van der Waals surface area contributed by atoms with E-state index in [-0.39, 0.29) is 5.82 Å². The highest BCUT2D eigenvalue weighted by Crippen LogP contribution is 2.27. The van der Waals surface area contributed by atoms with Crippen LogP contribution in [0.5, 0.6) is 0 Å². The Labute approximate surface area is 85.9 Å². The topological polar surface area (TPSA) is 0 Å². The first-order valence-corrected chi connectivity index (χ1v) is 4.77. The Morgan fingerprint density at radius 1 is 1.50 bits per heavy atom. The van der Waals surface area contributed by atoms with Crippen molar-refractivity contribution in [2.45, 2.75) is 4.90 Å². The lowest BCUT2D eigenvalue weighted by molar-refractivity contribution is 0.615. The maximum Gasteiger partial charge on any atom is 0.137 e. The normalized spacial score (nSPS) is 10.0. The summed E-state index contributed by atoms with van der Waals surface area (Å²) < 4.78 is 14.1. The Balaban J connectivity index is 3.34. The van der Waals surface area contributed by atoms with Crippen molar-refractivity contribution < 1.29 is 4.39 Å². The van der Waals surface area contributed by atoms with Crippen molar-refractivity contribution in [1.29, 1.82) is 0 Å². The van der Waals surface area contributed by atoms with Crippen LogP contribution in [0.15, 0.2) is 21.5 Å². The molecule has 0 radical (unpaired) electrons. The molecule has 1 aromatic carbocycles. The lowest BCUT2D eigenvalue weighted by atomic mass is 10.3. The molecule has 0 N–H and O–H groups in total. The molecule has 1 rings (SSSR count). The summed E-state index contributed by atoms with van der Waals surface area (Å²) in [7, 11) is 0. The van der Waals surface area contributed by atoms with E-state index in [1.807, 2.05) is 22.6 Å². The van der Waals surface area contributed by atoms with Crippen LogP contribution in [0.4, 0.5) is 4.39 Å². The first kappa shape index (κ1) is 8.80. The predicted molar refractivity (Wildman–Crippen MR) is 54.1 cm³/mol. The van der Waals surface area contributed by atoms with E-state index in [1.54, 1.807) is 6.07 Å². The fraction of sp³-hybridized carbons (Fsp3) is 0. The number of thiol groups is 1. The van der Waals surface area contributed by atoms with E-state index in [9.17, 15) is 4.39 Å².